The van der Waals surface area contributed by atoms with Crippen molar-refractivity contribution in [1.29, 1.82) is 0 Å². The summed E-state index contributed by atoms with van der Waals surface area (Å²) in [6, 6.07) is 15.7. The summed E-state index contributed by atoms with van der Waals surface area (Å²) in [7, 11) is 1.88. The number of pyridine rings is 1. The van der Waals surface area contributed by atoms with Gasteiger partial charge in [0.25, 0.3) is 5.91 Å². The number of carboxylic acid groups (broad SMARTS) is 1. The zero-order chi connectivity index (χ0) is 30.3. The first-order valence-corrected chi connectivity index (χ1v) is 15.0. The molecule has 0 aliphatic carbocycles. The van der Waals surface area contributed by atoms with E-state index in [2.05, 4.69) is 41.6 Å². The van der Waals surface area contributed by atoms with Crippen LogP contribution in [0.2, 0.25) is 5.02 Å². The van der Waals surface area contributed by atoms with Gasteiger partial charge >= 0.3 is 6.09 Å². The van der Waals surface area contributed by atoms with Crippen molar-refractivity contribution in [2.75, 3.05) is 26.7 Å². The Balaban J connectivity index is 1.71. The van der Waals surface area contributed by atoms with Gasteiger partial charge in [0.15, 0.2) is 0 Å². The molecule has 3 aromatic rings. The number of carbonyl (C=O) groups is 2. The molecular formula is C33H41ClN4O4. The van der Waals surface area contributed by atoms with Crippen LogP contribution in [-0.2, 0) is 12.1 Å². The van der Waals surface area contributed by atoms with Gasteiger partial charge in [0.1, 0.15) is 0 Å². The molecule has 1 aliphatic rings. The van der Waals surface area contributed by atoms with Crippen LogP contribution in [0.15, 0.2) is 60.9 Å². The first-order valence-electron chi connectivity index (χ1n) is 14.6. The molecule has 4 N–H and O–H groups in total. The average molecular weight is 593 g/mol. The number of aliphatic hydroxyl groups is 1. The number of hydrogen-bond donors (Lipinski definition) is 4. The summed E-state index contributed by atoms with van der Waals surface area (Å²) >= 11 is 6.81. The first-order chi connectivity index (χ1) is 20.1. The van der Waals surface area contributed by atoms with Crippen LogP contribution in [0.5, 0.6) is 0 Å². The molecule has 1 fully saturated rings. The molecule has 0 spiro atoms. The Bertz CT molecular complexity index is 1380. The molecule has 224 valence electrons. The number of rotatable bonds is 11. The molecule has 0 bridgehead atoms. The minimum Gasteiger partial charge on any atom is -0.465 e. The van der Waals surface area contributed by atoms with Crippen LogP contribution in [0.25, 0.3) is 11.1 Å². The van der Waals surface area contributed by atoms with Crippen molar-refractivity contribution < 1.29 is 19.8 Å². The van der Waals surface area contributed by atoms with E-state index in [1.807, 2.05) is 48.3 Å². The van der Waals surface area contributed by atoms with Crippen molar-refractivity contribution in [3.05, 3.63) is 88.2 Å². The van der Waals surface area contributed by atoms with E-state index < -0.39 is 11.7 Å². The zero-order valence-electron chi connectivity index (χ0n) is 24.6. The first kappa shape index (κ1) is 31.5. The van der Waals surface area contributed by atoms with E-state index in [9.17, 15) is 14.7 Å². The fourth-order valence-electron chi connectivity index (χ4n) is 5.93. The number of hydrogen-bond acceptors (Lipinski definition) is 5. The number of nitrogens with zero attached hydrogens (tertiary/aromatic N) is 2. The van der Waals surface area contributed by atoms with Gasteiger partial charge in [-0.25, -0.2) is 4.79 Å². The maximum atomic E-state index is 13.6. The van der Waals surface area contributed by atoms with Crippen LogP contribution in [0, 0.1) is 5.92 Å². The van der Waals surface area contributed by atoms with E-state index in [0.29, 0.717) is 53.6 Å². The van der Waals surface area contributed by atoms with Gasteiger partial charge in [-0.1, -0.05) is 61.8 Å². The van der Waals surface area contributed by atoms with Gasteiger partial charge < -0.3 is 25.7 Å². The fraction of sp³-hybridized carbons (Fsp3) is 0.424. The Morgan fingerprint density at radius 3 is 2.62 bits per heavy atom. The number of aromatic nitrogens is 1. The lowest BCUT2D eigenvalue weighted by molar-refractivity contribution is -0.0565. The SMILES string of the molecule is CNCc1ccc(C(=O)N2CCC[C@@H](C(O)(CCCNC(=O)O)c3cncc(Cl)c3-c3cccc(C(C)C)c3)C2)cc1. The molecule has 2 heterocycles. The molecule has 0 saturated carbocycles. The summed E-state index contributed by atoms with van der Waals surface area (Å²) in [6.07, 6.45) is 4.26. The number of likely N-dealkylation sites (tertiary alicyclic amines) is 1. The standard InChI is InChI=1S/C33H41ClN4O4/c1-22(2)25-7-4-8-26(17-25)30-28(19-36-20-29(30)34)33(42,14-6-15-37-32(40)41)27-9-5-16-38(21-27)31(39)24-12-10-23(11-13-24)18-35-3/h4,7-8,10-13,17,19-20,22,27,35,37,42H,5-6,9,14-16,18,21H2,1-3H3,(H,40,41)/t27-,33?/m1/s1. The second-order valence-corrected chi connectivity index (χ2v) is 11.8. The van der Waals surface area contributed by atoms with E-state index in [1.54, 1.807) is 12.4 Å². The molecule has 1 aromatic heterocycles. The molecule has 4 rings (SSSR count). The highest BCUT2D eigenvalue weighted by atomic mass is 35.5. The van der Waals surface area contributed by atoms with Crippen LogP contribution >= 0.6 is 11.6 Å². The predicted molar refractivity (Wildman–Crippen MR) is 166 cm³/mol. The van der Waals surface area contributed by atoms with Crippen molar-refractivity contribution in [3.8, 4) is 11.1 Å². The Hall–Kier alpha value is -3.46. The van der Waals surface area contributed by atoms with Gasteiger partial charge in [-0.2, -0.15) is 0 Å². The van der Waals surface area contributed by atoms with Crippen LogP contribution in [0.3, 0.4) is 0 Å². The quantitative estimate of drug-likeness (QED) is 0.202. The second kappa shape index (κ2) is 14.1. The lowest BCUT2D eigenvalue weighted by Gasteiger charge is -2.43. The van der Waals surface area contributed by atoms with Gasteiger partial charge in [0, 0.05) is 61.2 Å². The molecule has 9 heteroatoms. The summed E-state index contributed by atoms with van der Waals surface area (Å²) in [5, 5.41) is 27.7. The zero-order valence-corrected chi connectivity index (χ0v) is 25.3. The third-order valence-corrected chi connectivity index (χ3v) is 8.47. The fourth-order valence-corrected chi connectivity index (χ4v) is 6.19. The number of nitrogens with one attached hydrogen (secondary N) is 2. The summed E-state index contributed by atoms with van der Waals surface area (Å²) in [6.45, 7) is 6.13. The maximum absolute atomic E-state index is 13.6. The van der Waals surface area contributed by atoms with E-state index in [-0.39, 0.29) is 24.8 Å². The van der Waals surface area contributed by atoms with E-state index in [1.165, 1.54) is 0 Å². The number of amides is 2. The minimum atomic E-state index is -1.41. The smallest absolute Gasteiger partial charge is 0.404 e. The van der Waals surface area contributed by atoms with Crippen molar-refractivity contribution >= 4 is 23.6 Å². The largest absolute Gasteiger partial charge is 0.465 e. The molecule has 1 unspecified atom stereocenters. The number of halogens is 1. The molecule has 1 aliphatic heterocycles. The van der Waals surface area contributed by atoms with E-state index in [0.717, 1.165) is 29.7 Å². The van der Waals surface area contributed by atoms with Gasteiger partial charge in [-0.05, 0) is 67.5 Å². The van der Waals surface area contributed by atoms with Crippen LogP contribution in [0.1, 0.15) is 72.5 Å². The molecule has 1 saturated heterocycles. The Morgan fingerprint density at radius 1 is 1.17 bits per heavy atom. The Labute approximate surface area is 253 Å². The monoisotopic (exact) mass is 592 g/mol. The second-order valence-electron chi connectivity index (χ2n) is 11.4. The van der Waals surface area contributed by atoms with Crippen molar-refractivity contribution in [2.24, 2.45) is 5.92 Å². The van der Waals surface area contributed by atoms with Gasteiger partial charge in [-0.3, -0.25) is 9.78 Å². The lowest BCUT2D eigenvalue weighted by Crippen LogP contribution is -2.48. The third-order valence-electron chi connectivity index (χ3n) is 8.18. The van der Waals surface area contributed by atoms with Crippen molar-refractivity contribution in [2.45, 2.75) is 57.6 Å². The van der Waals surface area contributed by atoms with Gasteiger partial charge in [0.2, 0.25) is 0 Å². The van der Waals surface area contributed by atoms with E-state index in [4.69, 9.17) is 16.7 Å². The molecular weight excluding hydrogens is 552 g/mol. The molecule has 2 aromatic carbocycles. The highest BCUT2D eigenvalue weighted by Crippen LogP contribution is 2.45. The molecule has 42 heavy (non-hydrogen) atoms. The number of benzene rings is 2. The van der Waals surface area contributed by atoms with Gasteiger partial charge in [0.05, 0.1) is 10.6 Å². The summed E-state index contributed by atoms with van der Waals surface area (Å²) < 4.78 is 0. The van der Waals surface area contributed by atoms with Crippen LogP contribution < -0.4 is 10.6 Å². The van der Waals surface area contributed by atoms with E-state index >= 15 is 0 Å². The lowest BCUT2D eigenvalue weighted by atomic mass is 9.72. The number of carbonyl (C=O) groups excluding carboxylic acids is 1. The van der Waals surface area contributed by atoms with Crippen molar-refractivity contribution in [3.63, 3.8) is 0 Å². The molecule has 2 amide bonds. The predicted octanol–water partition coefficient (Wildman–Crippen LogP) is 6.03. The minimum absolute atomic E-state index is 0.0697. The Morgan fingerprint density at radius 2 is 1.93 bits per heavy atom. The highest BCUT2D eigenvalue weighted by Gasteiger charge is 2.43. The summed E-state index contributed by atoms with van der Waals surface area (Å²) in [5.74, 6) is -0.0734. The average Bonchev–Trinajstić information content (AvgIpc) is 2.99. The summed E-state index contributed by atoms with van der Waals surface area (Å²) in [5.41, 5.74) is 3.65. The van der Waals surface area contributed by atoms with Gasteiger partial charge in [-0.15, -0.1) is 0 Å². The maximum Gasteiger partial charge on any atom is 0.404 e. The molecule has 0 radical (unpaired) electrons. The van der Waals surface area contributed by atoms with Crippen molar-refractivity contribution in [1.82, 2.24) is 20.5 Å². The number of piperidine rings is 1. The van der Waals surface area contributed by atoms with Crippen LogP contribution in [0.4, 0.5) is 4.79 Å². The Kier molecular flexibility index (Phi) is 10.6. The molecule has 8 nitrogen and oxygen atoms in total. The molecule has 2 atom stereocenters. The normalized spacial score (nSPS) is 16.7. The summed E-state index contributed by atoms with van der Waals surface area (Å²) in [4.78, 5) is 30.9. The third kappa shape index (κ3) is 7.30. The topological polar surface area (TPSA) is 115 Å². The highest BCUT2D eigenvalue weighted by molar-refractivity contribution is 6.33. The van der Waals surface area contributed by atoms with Crippen LogP contribution in [-0.4, -0.2) is 58.8 Å².